The molecule has 2 bridgehead atoms. The molecule has 2 aromatic carbocycles. The van der Waals surface area contributed by atoms with Crippen LogP contribution in [0.4, 0.5) is 27.5 Å². The van der Waals surface area contributed by atoms with Gasteiger partial charge in [-0.05, 0) is 68.5 Å². The number of nitrogens with one attached hydrogen (secondary N) is 3. The number of anilines is 4. The Kier molecular flexibility index (Phi) is 7.62. The van der Waals surface area contributed by atoms with Crippen LogP contribution in [0.25, 0.3) is 0 Å². The molecule has 2 aliphatic carbocycles. The van der Waals surface area contributed by atoms with Crippen LogP contribution in [0.5, 0.6) is 0 Å². The quantitative estimate of drug-likeness (QED) is 0.341. The summed E-state index contributed by atoms with van der Waals surface area (Å²) in [4.78, 5) is 26.9. The largest absolute Gasteiger partial charge is 0.369 e. The summed E-state index contributed by atoms with van der Waals surface area (Å²) in [5.41, 5.74) is 4.27. The lowest BCUT2D eigenvalue weighted by molar-refractivity contribution is -0.126. The fraction of sp³-hybridized carbons (Fsp3) is 0.406. The van der Waals surface area contributed by atoms with E-state index in [0.717, 1.165) is 49.4 Å². The van der Waals surface area contributed by atoms with Crippen LogP contribution < -0.4 is 20.9 Å². The lowest BCUT2D eigenvalue weighted by Crippen LogP contribution is -2.44. The second-order valence-corrected chi connectivity index (χ2v) is 11.6. The molecular weight excluding hydrogens is 517 g/mol. The highest BCUT2D eigenvalue weighted by Gasteiger charge is 2.48. The average Bonchev–Trinajstić information content (AvgIpc) is 3.58. The molecular formula is C32H38FN7O. The highest BCUT2D eigenvalue weighted by Crippen LogP contribution is 2.45. The molecule has 41 heavy (non-hydrogen) atoms. The number of nitrogens with zero attached hydrogens (tertiary/aromatic N) is 4. The third-order valence-corrected chi connectivity index (χ3v) is 8.76. The third-order valence-electron chi connectivity index (χ3n) is 8.76. The van der Waals surface area contributed by atoms with Crippen LogP contribution in [0.15, 0.2) is 66.9 Å². The highest BCUT2D eigenvalue weighted by molar-refractivity contribution is 5.82. The maximum absolute atomic E-state index is 15.0. The second-order valence-electron chi connectivity index (χ2n) is 11.6. The molecule has 1 aliphatic heterocycles. The maximum Gasteiger partial charge on any atom is 0.229 e. The van der Waals surface area contributed by atoms with Crippen molar-refractivity contribution in [1.82, 2.24) is 20.2 Å². The first-order valence-electron chi connectivity index (χ1n) is 14.5. The van der Waals surface area contributed by atoms with Crippen LogP contribution in [0.3, 0.4) is 0 Å². The molecule has 5 atom stereocenters. The van der Waals surface area contributed by atoms with Gasteiger partial charge in [0.1, 0.15) is 0 Å². The zero-order valence-electron chi connectivity index (χ0n) is 23.8. The van der Waals surface area contributed by atoms with Crippen LogP contribution in [0.2, 0.25) is 0 Å². The first-order valence-corrected chi connectivity index (χ1v) is 14.5. The molecule has 2 heterocycles. The van der Waals surface area contributed by atoms with E-state index in [2.05, 4.69) is 74.0 Å². The highest BCUT2D eigenvalue weighted by atomic mass is 19.1. The Morgan fingerprint density at radius 3 is 2.56 bits per heavy atom. The van der Waals surface area contributed by atoms with Crippen LogP contribution in [0.1, 0.15) is 30.5 Å². The van der Waals surface area contributed by atoms with E-state index >= 15 is 0 Å². The summed E-state index contributed by atoms with van der Waals surface area (Å²) in [5, 5.41) is 9.70. The van der Waals surface area contributed by atoms with Gasteiger partial charge in [-0.15, -0.1) is 0 Å². The zero-order chi connectivity index (χ0) is 28.5. The molecule has 0 unspecified atom stereocenters. The van der Waals surface area contributed by atoms with Crippen molar-refractivity contribution in [3.63, 3.8) is 0 Å². The van der Waals surface area contributed by atoms with Gasteiger partial charge in [-0.3, -0.25) is 4.79 Å². The number of amides is 1. The monoisotopic (exact) mass is 555 g/mol. The summed E-state index contributed by atoms with van der Waals surface area (Å²) in [7, 11) is 2.15. The minimum atomic E-state index is -0.541. The number of halogens is 1. The molecule has 3 aromatic rings. The van der Waals surface area contributed by atoms with Crippen molar-refractivity contribution in [2.45, 2.75) is 32.4 Å². The van der Waals surface area contributed by atoms with E-state index in [-0.39, 0.29) is 41.6 Å². The molecule has 1 saturated carbocycles. The summed E-state index contributed by atoms with van der Waals surface area (Å²) >= 11 is 0. The Hall–Kier alpha value is -3.98. The summed E-state index contributed by atoms with van der Waals surface area (Å²) < 4.78 is 15.0. The fourth-order valence-corrected chi connectivity index (χ4v) is 6.46. The van der Waals surface area contributed by atoms with Gasteiger partial charge in [0.2, 0.25) is 11.9 Å². The van der Waals surface area contributed by atoms with Crippen molar-refractivity contribution < 1.29 is 9.18 Å². The first-order chi connectivity index (χ1) is 19.9. The number of fused-ring (bicyclic) bond motifs is 2. The second kappa shape index (κ2) is 11.5. The molecule has 8 nitrogen and oxygen atoms in total. The van der Waals surface area contributed by atoms with E-state index in [0.29, 0.717) is 5.95 Å². The van der Waals surface area contributed by atoms with Gasteiger partial charge in [-0.2, -0.15) is 4.98 Å². The summed E-state index contributed by atoms with van der Waals surface area (Å²) in [6.07, 6.45) is 6.30. The number of hydrogen-bond donors (Lipinski definition) is 3. The van der Waals surface area contributed by atoms with Crippen molar-refractivity contribution in [2.75, 3.05) is 48.8 Å². The van der Waals surface area contributed by atoms with Gasteiger partial charge in [0, 0.05) is 43.6 Å². The van der Waals surface area contributed by atoms with Gasteiger partial charge in [-0.25, -0.2) is 9.37 Å². The van der Waals surface area contributed by atoms with Gasteiger partial charge >= 0.3 is 0 Å². The predicted molar refractivity (Wildman–Crippen MR) is 161 cm³/mol. The molecule has 0 spiro atoms. The number of aromatic nitrogens is 2. The lowest BCUT2D eigenvalue weighted by atomic mass is 9.87. The molecule has 1 amide bonds. The fourth-order valence-electron chi connectivity index (χ4n) is 6.46. The number of benzene rings is 2. The molecule has 3 aliphatic rings. The number of rotatable bonds is 8. The number of piperazine rings is 1. The Balaban J connectivity index is 1.15. The molecule has 6 rings (SSSR count). The minimum absolute atomic E-state index is 0.0283. The average molecular weight is 556 g/mol. The molecule has 2 fully saturated rings. The van der Waals surface area contributed by atoms with E-state index in [1.807, 2.05) is 43.3 Å². The summed E-state index contributed by atoms with van der Waals surface area (Å²) in [6.45, 7) is 8.19. The van der Waals surface area contributed by atoms with Crippen molar-refractivity contribution >= 4 is 29.0 Å². The molecule has 1 saturated heterocycles. The number of aryl methyl sites for hydroxylation is 1. The van der Waals surface area contributed by atoms with Gasteiger partial charge in [0.15, 0.2) is 11.6 Å². The smallest absolute Gasteiger partial charge is 0.229 e. The molecule has 1 aromatic heterocycles. The number of carbonyl (C=O) groups excluding carboxylic acids is 1. The van der Waals surface area contributed by atoms with E-state index < -0.39 is 5.82 Å². The Morgan fingerprint density at radius 1 is 1.05 bits per heavy atom. The van der Waals surface area contributed by atoms with Gasteiger partial charge in [-0.1, -0.05) is 42.5 Å². The van der Waals surface area contributed by atoms with E-state index in [9.17, 15) is 9.18 Å². The predicted octanol–water partition coefficient (Wildman–Crippen LogP) is 4.90. The van der Waals surface area contributed by atoms with Gasteiger partial charge < -0.3 is 25.8 Å². The van der Waals surface area contributed by atoms with Gasteiger partial charge in [0.25, 0.3) is 0 Å². The van der Waals surface area contributed by atoms with Crippen molar-refractivity contribution in [3.05, 3.63) is 83.8 Å². The van der Waals surface area contributed by atoms with Crippen molar-refractivity contribution in [2.24, 2.45) is 17.8 Å². The zero-order valence-corrected chi connectivity index (χ0v) is 23.8. The summed E-state index contributed by atoms with van der Waals surface area (Å²) in [6, 6.07) is 15.7. The van der Waals surface area contributed by atoms with E-state index in [4.69, 9.17) is 0 Å². The van der Waals surface area contributed by atoms with Gasteiger partial charge in [0.05, 0.1) is 18.2 Å². The number of likely N-dealkylation sites (N-methyl/N-ethyl adjacent to an activating group) is 1. The lowest BCUT2D eigenvalue weighted by Gasteiger charge is -2.35. The molecule has 3 N–H and O–H groups in total. The maximum atomic E-state index is 15.0. The molecule has 214 valence electrons. The molecule has 9 heteroatoms. The topological polar surface area (TPSA) is 85.4 Å². The standard InChI is InChI=1S/C32H38FN7O/c1-20-17-25(11-12-27(20)40-15-13-39(3)14-16-40)36-32-34-19-26(33)30(38-32)37-29-24-10-9-23(18-24)28(29)31(41)35-21(2)22-7-5-4-6-8-22/h4-12,17,19,21,23-24,28-29H,13-16,18H2,1-3H3,(H,35,41)(H2,34,36,37,38)/t21-,23-,24+,28+,29-/m1/s1. The van der Waals surface area contributed by atoms with Crippen molar-refractivity contribution in [3.8, 4) is 0 Å². The van der Waals surface area contributed by atoms with Crippen LogP contribution in [-0.4, -0.2) is 60.0 Å². The third kappa shape index (κ3) is 5.77. The normalized spacial score (nSPS) is 24.3. The number of hydrogen-bond acceptors (Lipinski definition) is 7. The number of carbonyl (C=O) groups is 1. The van der Waals surface area contributed by atoms with Crippen molar-refractivity contribution in [1.29, 1.82) is 0 Å². The van der Waals surface area contributed by atoms with Crippen LogP contribution in [-0.2, 0) is 4.79 Å². The Morgan fingerprint density at radius 2 is 1.80 bits per heavy atom. The van der Waals surface area contributed by atoms with E-state index in [1.54, 1.807) is 0 Å². The Labute approximate surface area is 241 Å². The van der Waals surface area contributed by atoms with Crippen LogP contribution in [0, 0.1) is 30.5 Å². The van der Waals surface area contributed by atoms with Crippen LogP contribution >= 0.6 is 0 Å². The number of allylic oxidation sites excluding steroid dienone is 1. The Bertz CT molecular complexity index is 1420. The first kappa shape index (κ1) is 27.2. The summed E-state index contributed by atoms with van der Waals surface area (Å²) in [5.74, 6) is -0.221. The minimum Gasteiger partial charge on any atom is -0.369 e. The molecule has 0 radical (unpaired) electrons. The van der Waals surface area contributed by atoms with E-state index in [1.165, 1.54) is 11.9 Å². The SMILES string of the molecule is Cc1cc(Nc2ncc(F)c(N[C@H]3[C@@H](C(=O)N[C@H](C)c4ccccc4)[C@@H]4C=C[C@H]3C4)n2)ccc1N1CCN(C)CC1.